The summed E-state index contributed by atoms with van der Waals surface area (Å²) in [5.41, 5.74) is 0.771. The fourth-order valence-corrected chi connectivity index (χ4v) is 2.00. The lowest BCUT2D eigenvalue weighted by atomic mass is 10.2. The second kappa shape index (κ2) is 6.70. The van der Waals surface area contributed by atoms with E-state index in [0.29, 0.717) is 25.4 Å². The SMILES string of the molecule is CCCC(Oc1cc(F)cc(CNC2CC2)c1)C(=O)O. The largest absolute Gasteiger partial charge is 0.479 e. The standard InChI is InChI=1S/C15H20FNO3/c1-2-3-14(15(18)19)20-13-7-10(6-11(16)8-13)9-17-12-4-5-12/h6-8,12,14,17H,2-5,9H2,1H3,(H,18,19). The fraction of sp³-hybridized carbons (Fsp3) is 0.533. The Morgan fingerprint density at radius 2 is 2.25 bits per heavy atom. The van der Waals surface area contributed by atoms with Gasteiger partial charge in [0.25, 0.3) is 0 Å². The number of benzene rings is 1. The molecule has 0 saturated heterocycles. The molecule has 110 valence electrons. The Labute approximate surface area is 117 Å². The van der Waals surface area contributed by atoms with Crippen LogP contribution in [0.2, 0.25) is 0 Å². The van der Waals surface area contributed by atoms with Crippen LogP contribution in [-0.4, -0.2) is 23.2 Å². The molecular formula is C15H20FNO3. The van der Waals surface area contributed by atoms with Crippen LogP contribution in [0.5, 0.6) is 5.75 Å². The summed E-state index contributed by atoms with van der Waals surface area (Å²) in [5, 5.41) is 12.3. The average molecular weight is 281 g/mol. The quantitative estimate of drug-likeness (QED) is 0.769. The third-order valence-corrected chi connectivity index (χ3v) is 3.21. The Morgan fingerprint density at radius 1 is 1.50 bits per heavy atom. The molecule has 0 aromatic heterocycles. The maximum atomic E-state index is 13.5. The van der Waals surface area contributed by atoms with E-state index in [0.717, 1.165) is 18.4 Å². The lowest BCUT2D eigenvalue weighted by molar-refractivity contribution is -0.145. The number of halogens is 1. The number of hydrogen-bond donors (Lipinski definition) is 2. The van der Waals surface area contributed by atoms with Crippen LogP contribution in [0.4, 0.5) is 4.39 Å². The minimum Gasteiger partial charge on any atom is -0.479 e. The summed E-state index contributed by atoms with van der Waals surface area (Å²) < 4.78 is 18.9. The van der Waals surface area contributed by atoms with Crippen molar-refractivity contribution in [2.45, 2.75) is 51.3 Å². The minimum atomic E-state index is -1.02. The predicted molar refractivity (Wildman–Crippen MR) is 73.2 cm³/mol. The second-order valence-electron chi connectivity index (χ2n) is 5.18. The molecule has 1 aliphatic rings. The van der Waals surface area contributed by atoms with Gasteiger partial charge in [0.05, 0.1) is 0 Å². The Morgan fingerprint density at radius 3 is 2.85 bits per heavy atom. The zero-order valence-corrected chi connectivity index (χ0v) is 11.6. The summed E-state index contributed by atoms with van der Waals surface area (Å²) in [6, 6.07) is 4.91. The molecule has 5 heteroatoms. The first kappa shape index (κ1) is 14.8. The average Bonchev–Trinajstić information content (AvgIpc) is 3.19. The number of carbonyl (C=O) groups is 1. The van der Waals surface area contributed by atoms with E-state index in [9.17, 15) is 9.18 Å². The van der Waals surface area contributed by atoms with Gasteiger partial charge in [0, 0.05) is 18.7 Å². The third-order valence-electron chi connectivity index (χ3n) is 3.21. The van der Waals surface area contributed by atoms with Gasteiger partial charge < -0.3 is 15.2 Å². The highest BCUT2D eigenvalue weighted by molar-refractivity contribution is 5.72. The maximum absolute atomic E-state index is 13.5. The Hall–Kier alpha value is -1.62. The molecule has 1 aliphatic carbocycles. The van der Waals surface area contributed by atoms with Crippen molar-refractivity contribution in [3.63, 3.8) is 0 Å². The van der Waals surface area contributed by atoms with Gasteiger partial charge in [0.15, 0.2) is 6.10 Å². The van der Waals surface area contributed by atoms with E-state index in [2.05, 4.69) is 5.32 Å². The lowest BCUT2D eigenvalue weighted by Gasteiger charge is -2.15. The van der Waals surface area contributed by atoms with Crippen LogP contribution >= 0.6 is 0 Å². The van der Waals surface area contributed by atoms with E-state index < -0.39 is 17.9 Å². The second-order valence-corrected chi connectivity index (χ2v) is 5.18. The molecule has 1 atom stereocenters. The Kier molecular flexibility index (Phi) is 4.95. The monoisotopic (exact) mass is 281 g/mol. The van der Waals surface area contributed by atoms with Crippen LogP contribution in [0.1, 0.15) is 38.2 Å². The van der Waals surface area contributed by atoms with Gasteiger partial charge in [0.2, 0.25) is 0 Å². The van der Waals surface area contributed by atoms with Crippen molar-refractivity contribution in [3.05, 3.63) is 29.6 Å². The van der Waals surface area contributed by atoms with Crippen molar-refractivity contribution < 1.29 is 19.0 Å². The molecule has 1 fully saturated rings. The first-order chi connectivity index (χ1) is 9.58. The summed E-state index contributed by atoms with van der Waals surface area (Å²) in [7, 11) is 0. The van der Waals surface area contributed by atoms with Crippen molar-refractivity contribution in [3.8, 4) is 5.75 Å². The molecule has 4 nitrogen and oxygen atoms in total. The van der Waals surface area contributed by atoms with Crippen molar-refractivity contribution in [2.24, 2.45) is 0 Å². The molecule has 0 radical (unpaired) electrons. The minimum absolute atomic E-state index is 0.276. The fourth-order valence-electron chi connectivity index (χ4n) is 2.00. The first-order valence-electron chi connectivity index (χ1n) is 7.00. The number of aliphatic carboxylic acids is 1. The zero-order chi connectivity index (χ0) is 14.5. The van der Waals surface area contributed by atoms with E-state index in [1.165, 1.54) is 12.1 Å². The molecule has 1 aromatic rings. The van der Waals surface area contributed by atoms with Gasteiger partial charge in [0.1, 0.15) is 11.6 Å². The molecular weight excluding hydrogens is 261 g/mol. The van der Waals surface area contributed by atoms with Crippen LogP contribution in [0.3, 0.4) is 0 Å². The summed E-state index contributed by atoms with van der Waals surface area (Å²) in [4.78, 5) is 11.1. The molecule has 0 aliphatic heterocycles. The zero-order valence-electron chi connectivity index (χ0n) is 11.6. The summed E-state index contributed by atoms with van der Waals surface area (Å²) in [6.07, 6.45) is 2.50. The first-order valence-corrected chi connectivity index (χ1v) is 7.00. The summed E-state index contributed by atoms with van der Waals surface area (Å²) in [6.45, 7) is 2.46. The van der Waals surface area contributed by atoms with E-state index in [1.807, 2.05) is 6.92 Å². The highest BCUT2D eigenvalue weighted by Crippen LogP contribution is 2.22. The molecule has 0 heterocycles. The van der Waals surface area contributed by atoms with Crippen molar-refractivity contribution in [2.75, 3.05) is 0 Å². The van der Waals surface area contributed by atoms with E-state index in [1.54, 1.807) is 6.07 Å². The van der Waals surface area contributed by atoms with Gasteiger partial charge in [-0.15, -0.1) is 0 Å². The van der Waals surface area contributed by atoms with Crippen molar-refractivity contribution in [1.82, 2.24) is 5.32 Å². The van der Waals surface area contributed by atoms with Crippen molar-refractivity contribution in [1.29, 1.82) is 0 Å². The van der Waals surface area contributed by atoms with E-state index in [-0.39, 0.29) is 5.75 Å². The normalized spacial score (nSPS) is 15.9. The van der Waals surface area contributed by atoms with Gasteiger partial charge in [-0.25, -0.2) is 9.18 Å². The van der Waals surface area contributed by atoms with E-state index in [4.69, 9.17) is 9.84 Å². The molecule has 1 aromatic carbocycles. The summed E-state index contributed by atoms with van der Waals surface area (Å²) in [5.74, 6) is -1.15. The van der Waals surface area contributed by atoms with Crippen LogP contribution in [0.25, 0.3) is 0 Å². The molecule has 0 spiro atoms. The van der Waals surface area contributed by atoms with Gasteiger partial charge in [-0.2, -0.15) is 0 Å². The Balaban J connectivity index is 2.03. The Bertz CT molecular complexity index is 474. The van der Waals surface area contributed by atoms with Crippen molar-refractivity contribution >= 4 is 5.97 Å². The van der Waals surface area contributed by atoms with Gasteiger partial charge in [-0.1, -0.05) is 13.3 Å². The molecule has 20 heavy (non-hydrogen) atoms. The number of carboxylic acids is 1. The maximum Gasteiger partial charge on any atom is 0.344 e. The predicted octanol–water partition coefficient (Wildman–Crippen LogP) is 2.71. The van der Waals surface area contributed by atoms with Gasteiger partial charge in [-0.05, 0) is 37.0 Å². The van der Waals surface area contributed by atoms with Crippen LogP contribution in [0.15, 0.2) is 18.2 Å². The van der Waals surface area contributed by atoms with Gasteiger partial charge >= 0.3 is 5.97 Å². The number of hydrogen-bond acceptors (Lipinski definition) is 3. The smallest absolute Gasteiger partial charge is 0.344 e. The molecule has 1 saturated carbocycles. The molecule has 0 bridgehead atoms. The molecule has 0 amide bonds. The highest BCUT2D eigenvalue weighted by atomic mass is 19.1. The summed E-state index contributed by atoms with van der Waals surface area (Å²) >= 11 is 0. The van der Waals surface area contributed by atoms with Crippen LogP contribution < -0.4 is 10.1 Å². The van der Waals surface area contributed by atoms with E-state index >= 15 is 0 Å². The van der Waals surface area contributed by atoms with Crippen LogP contribution in [0, 0.1) is 5.82 Å². The highest BCUT2D eigenvalue weighted by Gasteiger charge is 2.21. The number of nitrogens with one attached hydrogen (secondary N) is 1. The van der Waals surface area contributed by atoms with Gasteiger partial charge in [-0.3, -0.25) is 0 Å². The molecule has 2 N–H and O–H groups in total. The number of rotatable bonds is 8. The number of ether oxygens (including phenoxy) is 1. The third kappa shape index (κ3) is 4.49. The lowest BCUT2D eigenvalue weighted by Crippen LogP contribution is -2.26. The van der Waals surface area contributed by atoms with Crippen LogP contribution in [-0.2, 0) is 11.3 Å². The number of carboxylic acid groups (broad SMARTS) is 1. The molecule has 1 unspecified atom stereocenters. The molecule has 2 rings (SSSR count). The topological polar surface area (TPSA) is 58.6 Å².